The average Bonchev–Trinajstić information content (AvgIpc) is 3.32. The van der Waals surface area contributed by atoms with Gasteiger partial charge in [-0.15, -0.1) is 0 Å². The Morgan fingerprint density at radius 3 is 2.59 bits per heavy atom. The third kappa shape index (κ3) is 4.87. The summed E-state index contributed by atoms with van der Waals surface area (Å²) >= 11 is 0. The van der Waals surface area contributed by atoms with Crippen molar-refractivity contribution in [2.45, 2.75) is 38.9 Å². The normalized spacial score (nSPS) is 18.7. The summed E-state index contributed by atoms with van der Waals surface area (Å²) in [6.45, 7) is 4.50. The van der Waals surface area contributed by atoms with Crippen LogP contribution >= 0.6 is 0 Å². The fourth-order valence-electron chi connectivity index (χ4n) is 4.33. The molecular formula is C23H24F4N6O. The Morgan fingerprint density at radius 2 is 1.94 bits per heavy atom. The van der Waals surface area contributed by atoms with Gasteiger partial charge in [0.15, 0.2) is 0 Å². The summed E-state index contributed by atoms with van der Waals surface area (Å²) in [6, 6.07) is 4.52. The smallest absolute Gasteiger partial charge is 0.368 e. The van der Waals surface area contributed by atoms with Crippen LogP contribution in [-0.4, -0.2) is 49.9 Å². The number of aryl methyl sites for hydroxylation is 1. The Bertz CT molecular complexity index is 1150. The number of hydrogen-bond donors (Lipinski definition) is 1. The van der Waals surface area contributed by atoms with E-state index in [1.807, 2.05) is 6.92 Å². The van der Waals surface area contributed by atoms with Gasteiger partial charge < -0.3 is 10.2 Å². The quantitative estimate of drug-likeness (QED) is 0.550. The Kier molecular flexibility index (Phi) is 6.54. The van der Waals surface area contributed by atoms with Crippen molar-refractivity contribution in [3.63, 3.8) is 0 Å². The zero-order chi connectivity index (χ0) is 24.5. The van der Waals surface area contributed by atoms with Crippen molar-refractivity contribution in [1.82, 2.24) is 24.9 Å². The third-order valence-electron chi connectivity index (χ3n) is 6.09. The minimum Gasteiger partial charge on any atom is -0.368 e. The molecule has 1 amide bonds. The zero-order valence-electron chi connectivity index (χ0n) is 18.7. The lowest BCUT2D eigenvalue weighted by atomic mass is 9.89. The van der Waals surface area contributed by atoms with E-state index in [0.717, 1.165) is 25.1 Å². The highest BCUT2D eigenvalue weighted by Gasteiger charge is 2.35. The van der Waals surface area contributed by atoms with Gasteiger partial charge in [-0.05, 0) is 49.4 Å². The van der Waals surface area contributed by atoms with Crippen LogP contribution in [0.3, 0.4) is 0 Å². The van der Waals surface area contributed by atoms with Gasteiger partial charge in [0.2, 0.25) is 0 Å². The number of benzene rings is 1. The molecule has 0 radical (unpaired) electrons. The number of carbonyl (C=O) groups excluding carboxylic acids is 1. The van der Waals surface area contributed by atoms with Crippen LogP contribution in [0.4, 0.5) is 23.4 Å². The molecule has 3 aromatic rings. The molecule has 1 aliphatic rings. The molecule has 34 heavy (non-hydrogen) atoms. The number of rotatable bonds is 5. The van der Waals surface area contributed by atoms with E-state index in [1.54, 1.807) is 11.8 Å². The predicted octanol–water partition coefficient (Wildman–Crippen LogP) is 4.48. The van der Waals surface area contributed by atoms with Crippen LogP contribution in [0.25, 0.3) is 5.69 Å². The predicted molar refractivity (Wildman–Crippen MR) is 117 cm³/mol. The number of likely N-dealkylation sites (tertiary alicyclic amines) is 1. The number of pyridine rings is 1. The van der Waals surface area contributed by atoms with Crippen LogP contribution < -0.4 is 5.32 Å². The summed E-state index contributed by atoms with van der Waals surface area (Å²) in [5.74, 6) is -0.354. The topological polar surface area (TPSA) is 75.9 Å². The van der Waals surface area contributed by atoms with Gasteiger partial charge in [-0.25, -0.2) is 9.37 Å². The molecule has 3 heterocycles. The number of anilines is 1. The van der Waals surface area contributed by atoms with Gasteiger partial charge in [0.1, 0.15) is 17.3 Å². The first-order valence-corrected chi connectivity index (χ1v) is 10.9. The molecular weight excluding hydrogens is 452 g/mol. The van der Waals surface area contributed by atoms with Gasteiger partial charge in [-0.1, -0.05) is 6.92 Å². The molecule has 1 fully saturated rings. The van der Waals surface area contributed by atoms with Gasteiger partial charge in [0.05, 0.1) is 29.6 Å². The highest BCUT2D eigenvalue weighted by atomic mass is 19.4. The van der Waals surface area contributed by atoms with Crippen LogP contribution in [0.1, 0.15) is 41.3 Å². The van der Waals surface area contributed by atoms with Crippen molar-refractivity contribution in [2.75, 3.05) is 18.4 Å². The van der Waals surface area contributed by atoms with E-state index in [0.29, 0.717) is 24.2 Å². The second-order valence-electron chi connectivity index (χ2n) is 8.43. The SMILES string of the molecule is Cc1cc(F)cc(-n2nccn2)c1C(=O)N1CCC[C@@H](C)C1CNc1ccc(C(F)(F)F)cn1. The number of alkyl halides is 3. The van der Waals surface area contributed by atoms with Gasteiger partial charge in [-0.2, -0.15) is 28.2 Å². The molecule has 1 aromatic carbocycles. The van der Waals surface area contributed by atoms with E-state index >= 15 is 0 Å². The number of piperidine rings is 1. The number of hydrogen-bond acceptors (Lipinski definition) is 5. The maximum Gasteiger partial charge on any atom is 0.417 e. The largest absolute Gasteiger partial charge is 0.417 e. The maximum atomic E-state index is 14.2. The average molecular weight is 476 g/mol. The van der Waals surface area contributed by atoms with Crippen LogP contribution in [0, 0.1) is 18.7 Å². The number of nitrogens with zero attached hydrogens (tertiary/aromatic N) is 5. The number of nitrogens with one attached hydrogen (secondary N) is 1. The molecule has 0 saturated carbocycles. The van der Waals surface area contributed by atoms with Crippen LogP contribution in [0.15, 0.2) is 42.9 Å². The van der Waals surface area contributed by atoms with Crippen molar-refractivity contribution in [1.29, 1.82) is 0 Å². The number of carbonyl (C=O) groups is 1. The highest BCUT2D eigenvalue weighted by Crippen LogP contribution is 2.30. The zero-order valence-corrected chi connectivity index (χ0v) is 18.7. The molecule has 1 saturated heterocycles. The Hall–Kier alpha value is -3.50. The number of halogens is 4. The first-order valence-electron chi connectivity index (χ1n) is 10.9. The monoisotopic (exact) mass is 476 g/mol. The Labute approximate surface area is 193 Å². The van der Waals surface area contributed by atoms with Crippen LogP contribution in [0.2, 0.25) is 0 Å². The molecule has 7 nitrogen and oxygen atoms in total. The summed E-state index contributed by atoms with van der Waals surface area (Å²) in [7, 11) is 0. The summed E-state index contributed by atoms with van der Waals surface area (Å²) in [4.78, 5) is 20.5. The fraction of sp³-hybridized carbons (Fsp3) is 0.391. The second kappa shape index (κ2) is 9.40. The van der Waals surface area contributed by atoms with Crippen LogP contribution in [0.5, 0.6) is 0 Å². The first-order chi connectivity index (χ1) is 16.1. The number of amides is 1. The standard InChI is InChI=1S/C23H24F4N6O/c1-14-4-3-9-32(19(14)13-29-20-6-5-16(12-28-20)23(25,26)27)22(34)21-15(2)10-17(24)11-18(21)33-30-7-8-31-33/h5-8,10-12,14,19H,3-4,9,13H2,1-2H3,(H,28,29)/t14-,19?/m1/s1. The minimum absolute atomic E-state index is 0.131. The van der Waals surface area contributed by atoms with Crippen molar-refractivity contribution in [2.24, 2.45) is 5.92 Å². The summed E-state index contributed by atoms with van der Waals surface area (Å²) in [5, 5.41) is 11.2. The molecule has 180 valence electrons. The lowest BCUT2D eigenvalue weighted by molar-refractivity contribution is -0.137. The van der Waals surface area contributed by atoms with Crippen LogP contribution in [-0.2, 0) is 6.18 Å². The molecule has 2 atom stereocenters. The number of aromatic nitrogens is 4. The van der Waals surface area contributed by atoms with E-state index in [-0.39, 0.29) is 29.4 Å². The molecule has 11 heteroatoms. The van der Waals surface area contributed by atoms with Gasteiger partial charge in [-0.3, -0.25) is 4.79 Å². The molecule has 1 aliphatic heterocycles. The molecule has 4 rings (SSSR count). The highest BCUT2D eigenvalue weighted by molar-refractivity contribution is 5.99. The Morgan fingerprint density at radius 1 is 1.21 bits per heavy atom. The summed E-state index contributed by atoms with van der Waals surface area (Å²) in [6.07, 6.45) is 0.911. The second-order valence-corrected chi connectivity index (χ2v) is 8.43. The molecule has 0 spiro atoms. The lowest BCUT2D eigenvalue weighted by Crippen LogP contribution is -2.51. The van der Waals surface area contributed by atoms with Gasteiger partial charge in [0, 0.05) is 25.4 Å². The van der Waals surface area contributed by atoms with E-state index in [2.05, 4.69) is 20.5 Å². The van der Waals surface area contributed by atoms with E-state index in [9.17, 15) is 22.4 Å². The van der Waals surface area contributed by atoms with Crippen molar-refractivity contribution >= 4 is 11.7 Å². The van der Waals surface area contributed by atoms with E-state index < -0.39 is 17.6 Å². The van der Waals surface area contributed by atoms with Gasteiger partial charge in [0.25, 0.3) is 5.91 Å². The molecule has 1 N–H and O–H groups in total. The Balaban J connectivity index is 1.59. The van der Waals surface area contributed by atoms with Crippen molar-refractivity contribution in [3.05, 3.63) is 65.4 Å². The maximum absolute atomic E-state index is 14.2. The molecule has 0 aliphatic carbocycles. The van der Waals surface area contributed by atoms with Crippen molar-refractivity contribution in [3.8, 4) is 5.69 Å². The summed E-state index contributed by atoms with van der Waals surface area (Å²) in [5.41, 5.74) is 0.199. The minimum atomic E-state index is -4.46. The van der Waals surface area contributed by atoms with E-state index in [1.165, 1.54) is 35.4 Å². The third-order valence-corrected chi connectivity index (χ3v) is 6.09. The van der Waals surface area contributed by atoms with E-state index in [4.69, 9.17) is 0 Å². The molecule has 0 bridgehead atoms. The van der Waals surface area contributed by atoms with Gasteiger partial charge >= 0.3 is 6.18 Å². The molecule has 2 aromatic heterocycles. The molecule has 1 unspecified atom stereocenters. The summed E-state index contributed by atoms with van der Waals surface area (Å²) < 4.78 is 52.6. The first kappa shape index (κ1) is 23.7. The lowest BCUT2D eigenvalue weighted by Gasteiger charge is -2.40. The van der Waals surface area contributed by atoms with Crippen molar-refractivity contribution < 1.29 is 22.4 Å². The fourth-order valence-corrected chi connectivity index (χ4v) is 4.33.